The fraction of sp³-hybridized carbons (Fsp3) is 0.733. The number of methoxy groups -OCH3 is 1. The van der Waals surface area contributed by atoms with Gasteiger partial charge < -0.3 is 13.9 Å². The molecule has 22 heavy (non-hydrogen) atoms. The Bertz CT molecular complexity index is 611. The minimum atomic E-state index is -3.47. The van der Waals surface area contributed by atoms with Crippen molar-refractivity contribution >= 4 is 10.0 Å². The molecule has 3 rings (SSSR count). The van der Waals surface area contributed by atoms with E-state index in [9.17, 15) is 8.42 Å². The third-order valence-electron chi connectivity index (χ3n) is 4.46. The third-order valence-corrected chi connectivity index (χ3v) is 6.37. The second-order valence-corrected chi connectivity index (χ2v) is 7.91. The van der Waals surface area contributed by atoms with Crippen LogP contribution in [0.5, 0.6) is 0 Å². The monoisotopic (exact) mass is 329 g/mol. The van der Waals surface area contributed by atoms with Gasteiger partial charge in [-0.15, -0.1) is 0 Å². The lowest BCUT2D eigenvalue weighted by Crippen LogP contribution is -2.42. The summed E-state index contributed by atoms with van der Waals surface area (Å²) in [5, 5.41) is -0.466. The van der Waals surface area contributed by atoms with Crippen molar-refractivity contribution in [3.63, 3.8) is 0 Å². The van der Waals surface area contributed by atoms with E-state index in [1.807, 2.05) is 19.1 Å². The summed E-state index contributed by atoms with van der Waals surface area (Å²) >= 11 is 0. The van der Waals surface area contributed by atoms with Gasteiger partial charge in [0.25, 0.3) is 0 Å². The molecule has 0 spiro atoms. The van der Waals surface area contributed by atoms with E-state index in [-0.39, 0.29) is 18.8 Å². The summed E-state index contributed by atoms with van der Waals surface area (Å²) in [6.07, 6.45) is 3.07. The number of fused-ring (bicyclic) bond motifs is 2. The van der Waals surface area contributed by atoms with Gasteiger partial charge in [0.15, 0.2) is 0 Å². The molecule has 6 nitrogen and oxygen atoms in total. The number of sulfonamides is 1. The van der Waals surface area contributed by atoms with E-state index in [0.29, 0.717) is 12.2 Å². The Balaban J connectivity index is 1.75. The molecule has 2 fully saturated rings. The molecular formula is C15H23NO5S. The number of rotatable bonds is 7. The standard InChI is InChI=1S/C15H23NO5S/c1-3-10-4-6-13(20-10)12(9-19-2)16-22(17,18)15-8-11-5-7-14(15)21-11/h4,6,11-12,14-16H,3,5,7-9H2,1-2H3. The van der Waals surface area contributed by atoms with Crippen molar-refractivity contribution in [2.24, 2.45) is 0 Å². The molecule has 0 amide bonds. The van der Waals surface area contributed by atoms with Crippen LogP contribution < -0.4 is 4.72 Å². The van der Waals surface area contributed by atoms with Gasteiger partial charge in [-0.1, -0.05) is 6.92 Å². The number of aryl methyl sites for hydroxylation is 1. The van der Waals surface area contributed by atoms with Crippen LogP contribution in [0.25, 0.3) is 0 Å². The smallest absolute Gasteiger partial charge is 0.217 e. The largest absolute Gasteiger partial charge is 0.464 e. The normalized spacial score (nSPS) is 29.1. The molecular weight excluding hydrogens is 306 g/mol. The van der Waals surface area contributed by atoms with E-state index in [1.54, 1.807) is 7.11 Å². The molecule has 0 saturated carbocycles. The van der Waals surface area contributed by atoms with Gasteiger partial charge >= 0.3 is 0 Å². The van der Waals surface area contributed by atoms with Crippen LogP contribution in [0.4, 0.5) is 0 Å². The van der Waals surface area contributed by atoms with Crippen molar-refractivity contribution in [1.82, 2.24) is 4.72 Å². The Hall–Kier alpha value is -0.890. The first-order chi connectivity index (χ1) is 10.5. The van der Waals surface area contributed by atoms with Crippen molar-refractivity contribution in [2.75, 3.05) is 13.7 Å². The summed E-state index contributed by atoms with van der Waals surface area (Å²) in [5.74, 6) is 1.42. The molecule has 1 N–H and O–H groups in total. The number of hydrogen-bond acceptors (Lipinski definition) is 5. The van der Waals surface area contributed by atoms with Crippen LogP contribution in [0.2, 0.25) is 0 Å². The highest BCUT2D eigenvalue weighted by Crippen LogP contribution is 2.38. The first-order valence-corrected chi connectivity index (χ1v) is 9.32. The summed E-state index contributed by atoms with van der Waals surface area (Å²) in [6, 6.07) is 3.17. The summed E-state index contributed by atoms with van der Waals surface area (Å²) in [7, 11) is -1.93. The van der Waals surface area contributed by atoms with Gasteiger partial charge in [-0.2, -0.15) is 0 Å². The molecule has 2 bridgehead atoms. The number of ether oxygens (including phenoxy) is 2. The van der Waals surface area contributed by atoms with Crippen LogP contribution in [0, 0.1) is 0 Å². The van der Waals surface area contributed by atoms with Crippen LogP contribution in [0.15, 0.2) is 16.5 Å². The Morgan fingerprint density at radius 3 is 2.77 bits per heavy atom. The van der Waals surface area contributed by atoms with Crippen LogP contribution in [-0.2, 0) is 25.9 Å². The molecule has 4 atom stereocenters. The summed E-state index contributed by atoms with van der Waals surface area (Å²) < 4.78 is 44.6. The van der Waals surface area contributed by atoms with Crippen molar-refractivity contribution < 1.29 is 22.3 Å². The highest BCUT2D eigenvalue weighted by Gasteiger charge is 2.48. The predicted octanol–water partition coefficient (Wildman–Crippen LogP) is 1.77. The fourth-order valence-corrected chi connectivity index (χ4v) is 5.14. The maximum atomic E-state index is 12.7. The van der Waals surface area contributed by atoms with Crippen LogP contribution in [0.3, 0.4) is 0 Å². The SMILES string of the molecule is CCc1ccc(C(COC)NS(=O)(=O)C2CC3CCC2O3)o1. The van der Waals surface area contributed by atoms with E-state index in [0.717, 1.165) is 25.0 Å². The zero-order valence-corrected chi connectivity index (χ0v) is 13.8. The Kier molecular flexibility index (Phi) is 4.59. The Morgan fingerprint density at radius 1 is 1.41 bits per heavy atom. The first-order valence-electron chi connectivity index (χ1n) is 7.77. The quantitative estimate of drug-likeness (QED) is 0.825. The zero-order valence-electron chi connectivity index (χ0n) is 12.9. The van der Waals surface area contributed by atoms with Crippen molar-refractivity contribution in [3.05, 3.63) is 23.7 Å². The molecule has 0 radical (unpaired) electrons. The minimum Gasteiger partial charge on any atom is -0.464 e. The van der Waals surface area contributed by atoms with Gasteiger partial charge in [-0.3, -0.25) is 0 Å². The van der Waals surface area contributed by atoms with E-state index >= 15 is 0 Å². The molecule has 4 unspecified atom stereocenters. The number of furan rings is 1. The molecule has 2 saturated heterocycles. The Labute approximate surface area is 131 Å². The lowest BCUT2D eigenvalue weighted by atomic mass is 10.0. The first kappa shape index (κ1) is 16.0. The van der Waals surface area contributed by atoms with Gasteiger partial charge in [0, 0.05) is 13.5 Å². The second-order valence-electron chi connectivity index (χ2n) is 5.98. The molecule has 2 aliphatic rings. The molecule has 1 aromatic rings. The molecule has 1 aromatic heterocycles. The van der Waals surface area contributed by atoms with Gasteiger partial charge in [0.1, 0.15) is 22.8 Å². The van der Waals surface area contributed by atoms with Crippen LogP contribution in [-0.4, -0.2) is 39.6 Å². The summed E-state index contributed by atoms with van der Waals surface area (Å²) in [6.45, 7) is 2.22. The van der Waals surface area contributed by atoms with E-state index in [1.165, 1.54) is 0 Å². The highest BCUT2D eigenvalue weighted by atomic mass is 32.2. The molecule has 3 heterocycles. The number of nitrogens with one attached hydrogen (secondary N) is 1. The average Bonchev–Trinajstić information content (AvgIpc) is 3.22. The summed E-state index contributed by atoms with van der Waals surface area (Å²) in [5.41, 5.74) is 0. The van der Waals surface area contributed by atoms with Crippen molar-refractivity contribution in [3.8, 4) is 0 Å². The fourth-order valence-electron chi connectivity index (χ4n) is 3.32. The van der Waals surface area contributed by atoms with E-state index in [4.69, 9.17) is 13.9 Å². The maximum absolute atomic E-state index is 12.7. The lowest BCUT2D eigenvalue weighted by molar-refractivity contribution is 0.105. The van der Waals surface area contributed by atoms with Gasteiger partial charge in [0.2, 0.25) is 10.0 Å². The molecule has 0 aromatic carbocycles. The predicted molar refractivity (Wildman–Crippen MR) is 81.1 cm³/mol. The third kappa shape index (κ3) is 3.08. The highest BCUT2D eigenvalue weighted by molar-refractivity contribution is 7.90. The average molecular weight is 329 g/mol. The van der Waals surface area contributed by atoms with Gasteiger partial charge in [-0.05, 0) is 31.4 Å². The molecule has 124 valence electrons. The van der Waals surface area contributed by atoms with Gasteiger partial charge in [-0.25, -0.2) is 13.1 Å². The Morgan fingerprint density at radius 2 is 2.23 bits per heavy atom. The van der Waals surface area contributed by atoms with Crippen molar-refractivity contribution in [1.29, 1.82) is 0 Å². The van der Waals surface area contributed by atoms with E-state index in [2.05, 4.69) is 4.72 Å². The van der Waals surface area contributed by atoms with Gasteiger partial charge in [0.05, 0.1) is 18.8 Å². The molecule has 2 aliphatic heterocycles. The molecule has 7 heteroatoms. The molecule has 0 aliphatic carbocycles. The van der Waals surface area contributed by atoms with Crippen LogP contribution in [0.1, 0.15) is 43.7 Å². The van der Waals surface area contributed by atoms with E-state index < -0.39 is 21.3 Å². The van der Waals surface area contributed by atoms with Crippen LogP contribution >= 0.6 is 0 Å². The minimum absolute atomic E-state index is 0.0998. The maximum Gasteiger partial charge on any atom is 0.217 e. The lowest BCUT2D eigenvalue weighted by Gasteiger charge is -2.23. The van der Waals surface area contributed by atoms with Crippen molar-refractivity contribution in [2.45, 2.75) is 56.1 Å². The second kappa shape index (κ2) is 6.31. The summed E-state index contributed by atoms with van der Waals surface area (Å²) in [4.78, 5) is 0. The topological polar surface area (TPSA) is 77.8 Å². The number of hydrogen-bond donors (Lipinski definition) is 1. The zero-order chi connectivity index (χ0) is 15.7.